The van der Waals surface area contributed by atoms with Crippen LogP contribution in [0.4, 0.5) is 18.0 Å². The third kappa shape index (κ3) is 5.47. The van der Waals surface area contributed by atoms with Gasteiger partial charge >= 0.3 is 6.09 Å². The van der Waals surface area contributed by atoms with E-state index in [4.69, 9.17) is 9.47 Å². The lowest BCUT2D eigenvalue weighted by molar-refractivity contribution is -0.136. The van der Waals surface area contributed by atoms with Gasteiger partial charge in [0.05, 0.1) is 26.3 Å². The van der Waals surface area contributed by atoms with Crippen LogP contribution in [0.2, 0.25) is 0 Å². The SMILES string of the molecule is COc1ccc(C(c2ccc(OC)cc2)N2CC(NC(=O)O)C(c3cc(F)c(F)cc3F)CC2=O)cc1. The van der Waals surface area contributed by atoms with Crippen LogP contribution in [0.1, 0.15) is 35.1 Å². The third-order valence-electron chi connectivity index (χ3n) is 6.52. The van der Waals surface area contributed by atoms with E-state index in [1.165, 1.54) is 19.1 Å². The van der Waals surface area contributed by atoms with Gasteiger partial charge in [0.2, 0.25) is 5.91 Å². The summed E-state index contributed by atoms with van der Waals surface area (Å²) < 4.78 is 52.7. The molecule has 0 saturated carbocycles. The molecule has 0 radical (unpaired) electrons. The number of hydrogen-bond donors (Lipinski definition) is 2. The largest absolute Gasteiger partial charge is 0.497 e. The molecule has 2 amide bonds. The van der Waals surface area contributed by atoms with Crippen LogP contribution in [0, 0.1) is 17.5 Å². The fourth-order valence-corrected chi connectivity index (χ4v) is 4.72. The molecule has 37 heavy (non-hydrogen) atoms. The van der Waals surface area contributed by atoms with E-state index in [0.717, 1.165) is 11.1 Å². The van der Waals surface area contributed by atoms with Gasteiger partial charge in [-0.15, -0.1) is 0 Å². The maximum absolute atomic E-state index is 14.7. The minimum absolute atomic E-state index is 0.142. The van der Waals surface area contributed by atoms with Crippen molar-refractivity contribution >= 4 is 12.0 Å². The molecule has 7 nitrogen and oxygen atoms in total. The lowest BCUT2D eigenvalue weighted by Gasteiger charge is -2.42. The fraction of sp³-hybridized carbons (Fsp3) is 0.259. The normalized spacial score (nSPS) is 17.6. The quantitative estimate of drug-likeness (QED) is 0.440. The Morgan fingerprint density at radius 2 is 1.43 bits per heavy atom. The van der Waals surface area contributed by atoms with Crippen molar-refractivity contribution in [1.29, 1.82) is 0 Å². The Morgan fingerprint density at radius 1 is 0.919 bits per heavy atom. The molecule has 194 valence electrons. The Labute approximate surface area is 211 Å². The predicted octanol–water partition coefficient (Wildman–Crippen LogP) is 4.86. The van der Waals surface area contributed by atoms with Crippen LogP contribution in [-0.4, -0.2) is 48.8 Å². The van der Waals surface area contributed by atoms with Crippen molar-refractivity contribution in [2.45, 2.75) is 24.4 Å². The van der Waals surface area contributed by atoms with E-state index < -0.39 is 47.5 Å². The molecular weight excluding hydrogens is 489 g/mol. The van der Waals surface area contributed by atoms with Crippen molar-refractivity contribution in [3.8, 4) is 11.5 Å². The smallest absolute Gasteiger partial charge is 0.404 e. The summed E-state index contributed by atoms with van der Waals surface area (Å²) in [5.41, 5.74) is 1.19. The molecule has 4 rings (SSSR count). The number of amides is 2. The van der Waals surface area contributed by atoms with Gasteiger partial charge < -0.3 is 24.8 Å². The fourth-order valence-electron chi connectivity index (χ4n) is 4.72. The molecule has 1 heterocycles. The molecule has 2 atom stereocenters. The minimum Gasteiger partial charge on any atom is -0.497 e. The van der Waals surface area contributed by atoms with Gasteiger partial charge in [-0.05, 0) is 47.0 Å². The number of carbonyl (C=O) groups is 2. The molecule has 0 spiro atoms. The number of methoxy groups -OCH3 is 2. The highest BCUT2D eigenvalue weighted by Crippen LogP contribution is 2.38. The molecule has 1 aliphatic rings. The molecule has 1 saturated heterocycles. The Bertz CT molecular complexity index is 1240. The first-order valence-electron chi connectivity index (χ1n) is 11.4. The van der Waals surface area contributed by atoms with Crippen LogP contribution in [0.15, 0.2) is 60.7 Å². The first-order chi connectivity index (χ1) is 17.7. The number of carboxylic acid groups (broad SMARTS) is 1. The average molecular weight is 515 g/mol. The number of benzene rings is 3. The highest BCUT2D eigenvalue weighted by atomic mass is 19.2. The van der Waals surface area contributed by atoms with Crippen molar-refractivity contribution in [3.63, 3.8) is 0 Å². The molecule has 2 N–H and O–H groups in total. The summed E-state index contributed by atoms with van der Waals surface area (Å²) in [6.07, 6.45) is -1.71. The molecule has 3 aromatic rings. The van der Waals surface area contributed by atoms with Gasteiger partial charge in [-0.1, -0.05) is 24.3 Å². The van der Waals surface area contributed by atoms with Crippen molar-refractivity contribution in [3.05, 3.63) is 94.8 Å². The second-order valence-corrected chi connectivity index (χ2v) is 8.65. The number of carbonyl (C=O) groups excluding carboxylic acids is 1. The molecule has 1 aliphatic heterocycles. The van der Waals surface area contributed by atoms with Crippen molar-refractivity contribution in [2.24, 2.45) is 0 Å². The number of rotatable bonds is 7. The maximum Gasteiger partial charge on any atom is 0.404 e. The lowest BCUT2D eigenvalue weighted by Crippen LogP contribution is -2.54. The van der Waals surface area contributed by atoms with Crippen molar-refractivity contribution in [1.82, 2.24) is 10.2 Å². The molecule has 0 bridgehead atoms. The van der Waals surface area contributed by atoms with E-state index in [1.54, 1.807) is 48.5 Å². The number of nitrogens with one attached hydrogen (secondary N) is 1. The van der Waals surface area contributed by atoms with Gasteiger partial charge in [-0.2, -0.15) is 0 Å². The molecule has 0 aromatic heterocycles. The molecule has 1 fully saturated rings. The standard InChI is InChI=1S/C27H25F3N2O5/c1-36-17-7-3-15(4-8-17)26(16-5-9-18(37-2)10-6-16)32-14-24(31-27(34)35)20(12-25(32)33)19-11-22(29)23(30)13-21(19)28/h3-11,13,20,24,26,31H,12,14H2,1-2H3,(H,34,35). The summed E-state index contributed by atoms with van der Waals surface area (Å²) >= 11 is 0. The average Bonchev–Trinajstić information content (AvgIpc) is 2.88. The number of nitrogens with zero attached hydrogens (tertiary/aromatic N) is 1. The molecule has 0 aliphatic carbocycles. The Kier molecular flexibility index (Phi) is 7.56. The van der Waals surface area contributed by atoms with Gasteiger partial charge in [0.15, 0.2) is 11.6 Å². The second-order valence-electron chi connectivity index (χ2n) is 8.65. The zero-order valence-corrected chi connectivity index (χ0v) is 20.1. The summed E-state index contributed by atoms with van der Waals surface area (Å²) in [6.45, 7) is -0.142. The molecule has 2 unspecified atom stereocenters. The first-order valence-corrected chi connectivity index (χ1v) is 11.4. The van der Waals surface area contributed by atoms with Crippen LogP contribution >= 0.6 is 0 Å². The highest BCUT2D eigenvalue weighted by molar-refractivity contribution is 5.80. The molecule has 10 heteroatoms. The molecule has 3 aromatic carbocycles. The topological polar surface area (TPSA) is 88.1 Å². The van der Waals surface area contributed by atoms with Gasteiger partial charge in [-0.3, -0.25) is 4.79 Å². The monoisotopic (exact) mass is 514 g/mol. The number of piperidine rings is 1. The van der Waals surface area contributed by atoms with Crippen LogP contribution in [0.3, 0.4) is 0 Å². The predicted molar refractivity (Wildman–Crippen MR) is 128 cm³/mol. The van der Waals surface area contributed by atoms with Crippen molar-refractivity contribution in [2.75, 3.05) is 20.8 Å². The van der Waals surface area contributed by atoms with Gasteiger partial charge in [-0.25, -0.2) is 18.0 Å². The number of likely N-dealkylation sites (tertiary alicyclic amines) is 1. The van der Waals surface area contributed by atoms with E-state index in [0.29, 0.717) is 23.6 Å². The van der Waals surface area contributed by atoms with Gasteiger partial charge in [0.25, 0.3) is 0 Å². The molecular formula is C27H25F3N2O5. The summed E-state index contributed by atoms with van der Waals surface area (Å²) in [5, 5.41) is 11.8. The lowest BCUT2D eigenvalue weighted by atomic mass is 9.82. The Hall–Kier alpha value is -4.21. The summed E-state index contributed by atoms with van der Waals surface area (Å²) in [6, 6.07) is 13.6. The van der Waals surface area contributed by atoms with E-state index in [9.17, 15) is 27.9 Å². The first kappa shape index (κ1) is 25.9. The van der Waals surface area contributed by atoms with Crippen molar-refractivity contribution < 1.29 is 37.3 Å². The van der Waals surface area contributed by atoms with E-state index >= 15 is 0 Å². The maximum atomic E-state index is 14.7. The number of halogens is 3. The zero-order valence-electron chi connectivity index (χ0n) is 20.1. The minimum atomic E-state index is -1.39. The second kappa shape index (κ2) is 10.8. The summed E-state index contributed by atoms with van der Waals surface area (Å²) in [7, 11) is 3.06. The van der Waals surface area contributed by atoms with Gasteiger partial charge in [0, 0.05) is 24.9 Å². The van der Waals surface area contributed by atoms with E-state index in [1.807, 2.05) is 0 Å². The number of ether oxygens (including phenoxy) is 2. The Balaban J connectivity index is 1.76. The van der Waals surface area contributed by atoms with Gasteiger partial charge in [0.1, 0.15) is 17.3 Å². The zero-order chi connectivity index (χ0) is 26.7. The Morgan fingerprint density at radius 3 is 1.92 bits per heavy atom. The third-order valence-corrected chi connectivity index (χ3v) is 6.52. The van der Waals surface area contributed by atoms with Crippen LogP contribution < -0.4 is 14.8 Å². The van der Waals surface area contributed by atoms with Crippen LogP contribution in [0.5, 0.6) is 11.5 Å². The van der Waals surface area contributed by atoms with E-state index in [-0.39, 0.29) is 18.5 Å². The van der Waals surface area contributed by atoms with Crippen LogP contribution in [0.25, 0.3) is 0 Å². The van der Waals surface area contributed by atoms with Crippen LogP contribution in [-0.2, 0) is 4.79 Å². The highest BCUT2D eigenvalue weighted by Gasteiger charge is 2.41. The summed E-state index contributed by atoms with van der Waals surface area (Å²) in [4.78, 5) is 26.6. The van der Waals surface area contributed by atoms with E-state index in [2.05, 4.69) is 5.32 Å². The summed E-state index contributed by atoms with van der Waals surface area (Å²) in [5.74, 6) is -3.93. The number of hydrogen-bond acceptors (Lipinski definition) is 4.